The second-order valence-electron chi connectivity index (χ2n) is 8.45. The molecule has 1 N–H and O–H groups in total. The molecule has 3 aromatic rings. The number of nitrogens with one attached hydrogen (secondary N) is 1. The monoisotopic (exact) mass is 394 g/mol. The minimum absolute atomic E-state index is 0.00359. The summed E-state index contributed by atoms with van der Waals surface area (Å²) in [6, 6.07) is 7.28. The number of methoxy groups -OCH3 is 1. The van der Waals surface area contributed by atoms with E-state index in [4.69, 9.17) is 4.74 Å². The van der Waals surface area contributed by atoms with Crippen molar-refractivity contribution >= 4 is 16.8 Å². The van der Waals surface area contributed by atoms with E-state index < -0.39 is 11.2 Å². The minimum atomic E-state index is -0.425. The Balaban J connectivity index is 2.22. The zero-order valence-corrected chi connectivity index (χ0v) is 17.3. The summed E-state index contributed by atoms with van der Waals surface area (Å²) in [4.78, 5) is 42.1. The van der Waals surface area contributed by atoms with Crippen LogP contribution in [0, 0.1) is 5.41 Å². The van der Waals surface area contributed by atoms with Gasteiger partial charge in [0.25, 0.3) is 11.2 Å². The number of hydrogen-bond donors (Lipinski definition) is 0. The van der Waals surface area contributed by atoms with Gasteiger partial charge in [-0.15, -0.1) is 0 Å². The van der Waals surface area contributed by atoms with Crippen LogP contribution in [0.5, 0.6) is 5.75 Å². The van der Waals surface area contributed by atoms with Gasteiger partial charge in [0.1, 0.15) is 16.8 Å². The fourth-order valence-electron chi connectivity index (χ4n) is 4.25. The fraction of sp³-hybridized carbons (Fsp3) is 0.364. The first-order valence-corrected chi connectivity index (χ1v) is 9.50. The molecule has 7 nitrogen and oxygen atoms in total. The van der Waals surface area contributed by atoms with Crippen LogP contribution in [0.4, 0.5) is 0 Å². The number of benzene rings is 1. The normalized spacial score (nSPS) is 15.4. The Labute approximate surface area is 167 Å². The van der Waals surface area contributed by atoms with Crippen LogP contribution in [-0.4, -0.2) is 22.0 Å². The number of hydrogen-bond acceptors (Lipinski definition) is 4. The van der Waals surface area contributed by atoms with Crippen LogP contribution < -0.4 is 21.0 Å². The van der Waals surface area contributed by atoms with Crippen molar-refractivity contribution in [1.29, 1.82) is 0 Å². The lowest BCUT2D eigenvalue weighted by Gasteiger charge is -2.29. The first-order valence-electron chi connectivity index (χ1n) is 9.50. The summed E-state index contributed by atoms with van der Waals surface area (Å²) in [5, 5.41) is 0.339. The fourth-order valence-corrected chi connectivity index (χ4v) is 4.25. The molecule has 0 aliphatic heterocycles. The van der Waals surface area contributed by atoms with Crippen LogP contribution in [0.1, 0.15) is 36.3 Å². The lowest BCUT2D eigenvalue weighted by Crippen LogP contribution is -2.42. The smallest absolute Gasteiger partial charge is 0.417 e. The van der Waals surface area contributed by atoms with Gasteiger partial charge in [-0.25, -0.2) is 14.3 Å². The Morgan fingerprint density at radius 2 is 1.62 bits per heavy atom. The molecule has 2 aromatic heterocycles. The molecular formula is C22H24N3O4+. The van der Waals surface area contributed by atoms with Crippen LogP contribution in [-0.2, 0) is 20.5 Å². The molecule has 0 fully saturated rings. The van der Waals surface area contributed by atoms with Crippen molar-refractivity contribution in [2.24, 2.45) is 19.5 Å². The summed E-state index contributed by atoms with van der Waals surface area (Å²) >= 11 is 0. The van der Waals surface area contributed by atoms with Crippen LogP contribution in [0.2, 0.25) is 0 Å². The number of aryl methyl sites for hydroxylation is 1. The van der Waals surface area contributed by atoms with Gasteiger partial charge in [0.2, 0.25) is 0 Å². The molecule has 7 heteroatoms. The molecule has 4 rings (SSSR count). The Hall–Kier alpha value is -3.22. The molecule has 0 saturated carbocycles. The maximum absolute atomic E-state index is 13.2. The van der Waals surface area contributed by atoms with Gasteiger partial charge in [0.15, 0.2) is 5.78 Å². The SMILES string of the molecule is COc1ccc(-c2c3c([nH+]c4c2c(=O)n(C)c(=O)n4C)CC(C)(C)CC3=O)cc1. The molecule has 0 bridgehead atoms. The molecule has 0 atom stereocenters. The zero-order valence-electron chi connectivity index (χ0n) is 17.3. The third-order valence-electron chi connectivity index (χ3n) is 5.69. The van der Waals surface area contributed by atoms with Crippen LogP contribution in [0.15, 0.2) is 33.9 Å². The summed E-state index contributed by atoms with van der Waals surface area (Å²) in [6.45, 7) is 4.09. The molecule has 1 aromatic carbocycles. The van der Waals surface area contributed by atoms with Gasteiger partial charge in [0, 0.05) is 25.5 Å². The number of fused-ring (bicyclic) bond motifs is 2. The topological polar surface area (TPSA) is 84.4 Å². The highest BCUT2D eigenvalue weighted by molar-refractivity contribution is 6.09. The van der Waals surface area contributed by atoms with Crippen molar-refractivity contribution in [2.75, 3.05) is 7.11 Å². The lowest BCUT2D eigenvalue weighted by atomic mass is 9.73. The van der Waals surface area contributed by atoms with Gasteiger partial charge in [-0.2, -0.15) is 4.57 Å². The van der Waals surface area contributed by atoms with Crippen molar-refractivity contribution in [3.05, 3.63) is 56.4 Å². The van der Waals surface area contributed by atoms with E-state index in [0.29, 0.717) is 40.8 Å². The second-order valence-corrected chi connectivity index (χ2v) is 8.45. The molecule has 0 spiro atoms. The summed E-state index contributed by atoms with van der Waals surface area (Å²) < 4.78 is 7.75. The van der Waals surface area contributed by atoms with Crippen LogP contribution in [0.3, 0.4) is 0 Å². The van der Waals surface area contributed by atoms with E-state index in [1.807, 2.05) is 26.0 Å². The number of H-pyrrole nitrogens is 1. The summed E-state index contributed by atoms with van der Waals surface area (Å²) in [5.41, 5.74) is 1.99. The molecule has 0 radical (unpaired) electrons. The number of aromatic nitrogens is 3. The van der Waals surface area contributed by atoms with Crippen LogP contribution in [0.25, 0.3) is 22.2 Å². The van der Waals surface area contributed by atoms with Gasteiger partial charge in [-0.05, 0) is 23.1 Å². The first kappa shape index (κ1) is 19.1. The van der Waals surface area contributed by atoms with E-state index in [9.17, 15) is 14.4 Å². The van der Waals surface area contributed by atoms with Gasteiger partial charge in [-0.1, -0.05) is 26.0 Å². The molecule has 1 aliphatic carbocycles. The Bertz CT molecular complexity index is 1280. The number of aromatic amines is 1. The number of Topliss-reactive ketones (excluding diaryl/α,β-unsaturated/α-hetero) is 1. The highest BCUT2D eigenvalue weighted by Crippen LogP contribution is 2.39. The highest BCUT2D eigenvalue weighted by atomic mass is 16.5. The number of ether oxygens (including phenoxy) is 1. The van der Waals surface area contributed by atoms with Gasteiger partial charge < -0.3 is 4.74 Å². The quantitative estimate of drug-likeness (QED) is 0.664. The predicted octanol–water partition coefficient (Wildman–Crippen LogP) is 1.88. The number of pyridine rings is 1. The number of rotatable bonds is 2. The van der Waals surface area contributed by atoms with Crippen molar-refractivity contribution in [1.82, 2.24) is 9.13 Å². The number of ketones is 1. The average molecular weight is 394 g/mol. The summed E-state index contributed by atoms with van der Waals surface area (Å²) in [6.07, 6.45) is 1.05. The van der Waals surface area contributed by atoms with E-state index in [0.717, 1.165) is 15.8 Å². The Morgan fingerprint density at radius 1 is 0.966 bits per heavy atom. The third-order valence-corrected chi connectivity index (χ3v) is 5.69. The standard InChI is InChI=1S/C22H23N3O4/c1-22(2)10-14-17(15(26)11-22)16(12-6-8-13(29-5)9-7-12)18-19(23-14)24(3)21(28)25(4)20(18)27/h6-9H,10-11H2,1-5H3/p+1. The van der Waals surface area contributed by atoms with E-state index in [-0.39, 0.29) is 11.2 Å². The second kappa shape index (κ2) is 6.40. The van der Waals surface area contributed by atoms with Crippen molar-refractivity contribution in [2.45, 2.75) is 26.7 Å². The van der Waals surface area contributed by atoms with Gasteiger partial charge in [-0.3, -0.25) is 9.59 Å². The molecule has 29 heavy (non-hydrogen) atoms. The lowest BCUT2D eigenvalue weighted by molar-refractivity contribution is -0.365. The van der Waals surface area contributed by atoms with Crippen molar-refractivity contribution in [3.63, 3.8) is 0 Å². The molecule has 0 amide bonds. The molecule has 0 saturated heterocycles. The molecule has 2 heterocycles. The maximum Gasteiger partial charge on any atom is 0.417 e. The van der Waals surface area contributed by atoms with Gasteiger partial charge >= 0.3 is 5.69 Å². The van der Waals surface area contributed by atoms with E-state index in [2.05, 4.69) is 4.98 Å². The largest absolute Gasteiger partial charge is 0.497 e. The van der Waals surface area contributed by atoms with Crippen molar-refractivity contribution < 1.29 is 14.5 Å². The summed E-state index contributed by atoms with van der Waals surface area (Å²) in [7, 11) is 4.66. The average Bonchev–Trinajstić information content (AvgIpc) is 2.68. The molecule has 150 valence electrons. The third kappa shape index (κ3) is 2.88. The maximum atomic E-state index is 13.2. The highest BCUT2D eigenvalue weighted by Gasteiger charge is 2.38. The van der Waals surface area contributed by atoms with E-state index >= 15 is 0 Å². The molecule has 1 aliphatic rings. The summed E-state index contributed by atoms with van der Waals surface area (Å²) in [5.74, 6) is 0.679. The van der Waals surface area contributed by atoms with Gasteiger partial charge in [0.05, 0.1) is 19.7 Å². The number of carbonyl (C=O) groups is 1. The van der Waals surface area contributed by atoms with Crippen molar-refractivity contribution in [3.8, 4) is 16.9 Å². The number of carbonyl (C=O) groups excluding carboxylic acids is 1. The minimum Gasteiger partial charge on any atom is -0.497 e. The first-order chi connectivity index (χ1) is 13.6. The Kier molecular flexibility index (Phi) is 4.22. The molecule has 0 unspecified atom stereocenters. The number of nitrogens with zero attached hydrogens (tertiary/aromatic N) is 2. The Morgan fingerprint density at radius 3 is 2.24 bits per heavy atom. The van der Waals surface area contributed by atoms with E-state index in [1.165, 1.54) is 11.6 Å². The predicted molar refractivity (Wildman–Crippen MR) is 109 cm³/mol. The zero-order chi connectivity index (χ0) is 21.1. The molecular weight excluding hydrogens is 370 g/mol. The van der Waals surface area contributed by atoms with E-state index in [1.54, 1.807) is 26.3 Å². The van der Waals surface area contributed by atoms with Crippen LogP contribution >= 0.6 is 0 Å².